The van der Waals surface area contributed by atoms with Crippen LogP contribution in [0.25, 0.3) is 0 Å². The molecule has 0 heterocycles. The van der Waals surface area contributed by atoms with Crippen molar-refractivity contribution in [2.75, 3.05) is 7.11 Å². The summed E-state index contributed by atoms with van der Waals surface area (Å²) in [4.78, 5) is 0. The van der Waals surface area contributed by atoms with E-state index in [0.717, 1.165) is 5.92 Å². The average molecular weight is 176 g/mol. The molecule has 0 spiro atoms. The molecule has 0 saturated heterocycles. The van der Waals surface area contributed by atoms with E-state index in [2.05, 4.69) is 31.2 Å². The van der Waals surface area contributed by atoms with Crippen LogP contribution in [0.1, 0.15) is 29.9 Å². The molecule has 1 heteroatoms. The van der Waals surface area contributed by atoms with E-state index in [1.807, 2.05) is 0 Å². The van der Waals surface area contributed by atoms with E-state index < -0.39 is 0 Å². The molecular formula is C12H16O. The van der Waals surface area contributed by atoms with Crippen LogP contribution in [-0.2, 0) is 4.74 Å². The molecule has 13 heavy (non-hydrogen) atoms. The van der Waals surface area contributed by atoms with Gasteiger partial charge in [-0.05, 0) is 31.2 Å². The van der Waals surface area contributed by atoms with Gasteiger partial charge in [0.25, 0.3) is 0 Å². The maximum Gasteiger partial charge on any atom is 0.0583 e. The zero-order valence-corrected chi connectivity index (χ0v) is 8.29. The molecule has 1 aromatic carbocycles. The van der Waals surface area contributed by atoms with Gasteiger partial charge >= 0.3 is 0 Å². The van der Waals surface area contributed by atoms with Crippen LogP contribution in [-0.4, -0.2) is 13.2 Å². The highest BCUT2D eigenvalue weighted by molar-refractivity contribution is 5.27. The highest BCUT2D eigenvalue weighted by Crippen LogP contribution is 2.38. The predicted molar refractivity (Wildman–Crippen MR) is 54.0 cm³/mol. The van der Waals surface area contributed by atoms with Crippen LogP contribution in [0.5, 0.6) is 0 Å². The fourth-order valence-corrected chi connectivity index (χ4v) is 1.95. The van der Waals surface area contributed by atoms with Gasteiger partial charge in [-0.3, -0.25) is 0 Å². The number of ether oxygens (including phenoxy) is 1. The van der Waals surface area contributed by atoms with Crippen molar-refractivity contribution in [2.45, 2.75) is 31.8 Å². The Morgan fingerprint density at radius 1 is 1.31 bits per heavy atom. The van der Waals surface area contributed by atoms with Crippen LogP contribution >= 0.6 is 0 Å². The summed E-state index contributed by atoms with van der Waals surface area (Å²) >= 11 is 0. The Morgan fingerprint density at radius 2 is 2.08 bits per heavy atom. The standard InChI is InChI=1S/C12H16O/c1-9-4-3-5-10(6-9)11-7-12(8-11)13-2/h3-6,11-12H,7-8H2,1-2H3. The minimum atomic E-state index is 0.505. The topological polar surface area (TPSA) is 9.23 Å². The molecule has 0 aromatic heterocycles. The Morgan fingerprint density at radius 3 is 2.69 bits per heavy atom. The van der Waals surface area contributed by atoms with Gasteiger partial charge in [0.1, 0.15) is 0 Å². The lowest BCUT2D eigenvalue weighted by Crippen LogP contribution is -2.28. The normalized spacial score (nSPS) is 26.9. The maximum atomic E-state index is 5.27. The van der Waals surface area contributed by atoms with Crippen molar-refractivity contribution in [1.82, 2.24) is 0 Å². The van der Waals surface area contributed by atoms with Gasteiger partial charge in [0.05, 0.1) is 6.10 Å². The van der Waals surface area contributed by atoms with Gasteiger partial charge in [-0.25, -0.2) is 0 Å². The number of hydrogen-bond donors (Lipinski definition) is 0. The van der Waals surface area contributed by atoms with Crippen LogP contribution in [0.3, 0.4) is 0 Å². The van der Waals surface area contributed by atoms with Crippen LogP contribution in [0.4, 0.5) is 0 Å². The van der Waals surface area contributed by atoms with E-state index in [-0.39, 0.29) is 0 Å². The van der Waals surface area contributed by atoms with Gasteiger partial charge in [-0.15, -0.1) is 0 Å². The van der Waals surface area contributed by atoms with Crippen molar-refractivity contribution >= 4 is 0 Å². The van der Waals surface area contributed by atoms with E-state index in [4.69, 9.17) is 4.74 Å². The van der Waals surface area contributed by atoms with Crippen molar-refractivity contribution in [3.8, 4) is 0 Å². The number of methoxy groups -OCH3 is 1. The van der Waals surface area contributed by atoms with Gasteiger partial charge in [0, 0.05) is 7.11 Å². The monoisotopic (exact) mass is 176 g/mol. The fourth-order valence-electron chi connectivity index (χ4n) is 1.95. The maximum absolute atomic E-state index is 5.27. The first kappa shape index (κ1) is 8.76. The van der Waals surface area contributed by atoms with E-state index in [9.17, 15) is 0 Å². The SMILES string of the molecule is COC1CC(c2cccc(C)c2)C1. The number of rotatable bonds is 2. The molecule has 0 N–H and O–H groups in total. The van der Waals surface area contributed by atoms with E-state index in [1.165, 1.54) is 24.0 Å². The summed E-state index contributed by atoms with van der Waals surface area (Å²) in [5.41, 5.74) is 2.84. The second-order valence-electron chi connectivity index (χ2n) is 3.94. The van der Waals surface area contributed by atoms with Crippen molar-refractivity contribution in [1.29, 1.82) is 0 Å². The lowest BCUT2D eigenvalue weighted by molar-refractivity contribution is 0.0257. The van der Waals surface area contributed by atoms with E-state index >= 15 is 0 Å². The molecule has 0 unspecified atom stereocenters. The highest BCUT2D eigenvalue weighted by atomic mass is 16.5. The molecule has 0 atom stereocenters. The van der Waals surface area contributed by atoms with Crippen LogP contribution < -0.4 is 0 Å². The van der Waals surface area contributed by atoms with E-state index in [0.29, 0.717) is 6.10 Å². The summed E-state index contributed by atoms with van der Waals surface area (Å²) < 4.78 is 5.27. The number of hydrogen-bond acceptors (Lipinski definition) is 1. The van der Waals surface area contributed by atoms with Crippen molar-refractivity contribution in [3.05, 3.63) is 35.4 Å². The molecule has 2 rings (SSSR count). The van der Waals surface area contributed by atoms with Crippen molar-refractivity contribution in [2.24, 2.45) is 0 Å². The van der Waals surface area contributed by atoms with E-state index in [1.54, 1.807) is 7.11 Å². The Hall–Kier alpha value is -0.820. The summed E-state index contributed by atoms with van der Waals surface area (Å²) in [6.07, 6.45) is 2.89. The molecule has 1 nitrogen and oxygen atoms in total. The Labute approximate surface area is 79.7 Å². The summed E-state index contributed by atoms with van der Waals surface area (Å²) in [6, 6.07) is 8.81. The highest BCUT2D eigenvalue weighted by Gasteiger charge is 2.29. The summed E-state index contributed by atoms with van der Waals surface area (Å²) in [6.45, 7) is 2.15. The molecule has 0 aliphatic heterocycles. The second-order valence-corrected chi connectivity index (χ2v) is 3.94. The number of aryl methyl sites for hydroxylation is 1. The van der Waals surface area contributed by atoms with Gasteiger partial charge in [-0.2, -0.15) is 0 Å². The quantitative estimate of drug-likeness (QED) is 0.673. The molecule has 1 aromatic rings. The van der Waals surface area contributed by atoms with Gasteiger partial charge < -0.3 is 4.74 Å². The van der Waals surface area contributed by atoms with Gasteiger partial charge in [-0.1, -0.05) is 29.8 Å². The summed E-state index contributed by atoms with van der Waals surface area (Å²) in [5.74, 6) is 0.741. The lowest BCUT2D eigenvalue weighted by Gasteiger charge is -2.34. The third kappa shape index (κ3) is 1.75. The van der Waals surface area contributed by atoms with Crippen LogP contribution in [0, 0.1) is 6.92 Å². The zero-order valence-electron chi connectivity index (χ0n) is 8.29. The van der Waals surface area contributed by atoms with Crippen LogP contribution in [0.15, 0.2) is 24.3 Å². The minimum absolute atomic E-state index is 0.505. The van der Waals surface area contributed by atoms with Crippen molar-refractivity contribution in [3.63, 3.8) is 0 Å². The Balaban J connectivity index is 2.03. The summed E-state index contributed by atoms with van der Waals surface area (Å²) in [5, 5.41) is 0. The molecule has 0 amide bonds. The Bertz CT molecular complexity index is 287. The third-order valence-corrected chi connectivity index (χ3v) is 2.94. The van der Waals surface area contributed by atoms with Gasteiger partial charge in [0.2, 0.25) is 0 Å². The zero-order chi connectivity index (χ0) is 9.26. The van der Waals surface area contributed by atoms with Crippen molar-refractivity contribution < 1.29 is 4.74 Å². The molecule has 1 aliphatic rings. The molecule has 0 bridgehead atoms. The average Bonchev–Trinajstić information content (AvgIpc) is 2.02. The second kappa shape index (κ2) is 3.51. The first-order chi connectivity index (χ1) is 6.29. The van der Waals surface area contributed by atoms with Gasteiger partial charge in [0.15, 0.2) is 0 Å². The molecule has 1 saturated carbocycles. The lowest BCUT2D eigenvalue weighted by atomic mass is 9.77. The first-order valence-corrected chi connectivity index (χ1v) is 4.89. The molecule has 70 valence electrons. The Kier molecular flexibility index (Phi) is 2.36. The molecule has 1 aliphatic carbocycles. The van der Waals surface area contributed by atoms with Crippen LogP contribution in [0.2, 0.25) is 0 Å². The predicted octanol–water partition coefficient (Wildman–Crippen LogP) is 2.89. The smallest absolute Gasteiger partial charge is 0.0583 e. The largest absolute Gasteiger partial charge is 0.381 e. The minimum Gasteiger partial charge on any atom is -0.381 e. The molecule has 1 fully saturated rings. The first-order valence-electron chi connectivity index (χ1n) is 4.89. The molecular weight excluding hydrogens is 160 g/mol. The fraction of sp³-hybridized carbons (Fsp3) is 0.500. The molecule has 0 radical (unpaired) electrons. The summed E-state index contributed by atoms with van der Waals surface area (Å²) in [7, 11) is 1.80. The number of benzene rings is 1. The third-order valence-electron chi connectivity index (χ3n) is 2.94.